The van der Waals surface area contributed by atoms with Crippen LogP contribution in [0.3, 0.4) is 0 Å². The van der Waals surface area contributed by atoms with Crippen LogP contribution >= 0.6 is 0 Å². The molecule has 0 saturated carbocycles. The van der Waals surface area contributed by atoms with Gasteiger partial charge in [-0.3, -0.25) is 0 Å². The van der Waals surface area contributed by atoms with Gasteiger partial charge in [0.05, 0.1) is 5.41 Å². The smallest absolute Gasteiger partial charge is 0.0622 e. The van der Waals surface area contributed by atoms with Crippen molar-refractivity contribution in [2.75, 3.05) is 0 Å². The highest BCUT2D eigenvalue weighted by molar-refractivity contribution is 6.05. The number of hydrogen-bond donors (Lipinski definition) is 0. The Labute approximate surface area is 281 Å². The van der Waals surface area contributed by atoms with Crippen LogP contribution in [-0.4, -0.2) is 0 Å². The molecule has 0 bridgehead atoms. The van der Waals surface area contributed by atoms with Gasteiger partial charge >= 0.3 is 0 Å². The van der Waals surface area contributed by atoms with Crippen LogP contribution in [0.1, 0.15) is 98.5 Å². The molecule has 0 atom stereocenters. The molecule has 0 N–H and O–H groups in total. The van der Waals surface area contributed by atoms with Crippen molar-refractivity contribution in [2.45, 2.75) is 71.6 Å². The zero-order chi connectivity index (χ0) is 33.1. The van der Waals surface area contributed by atoms with Gasteiger partial charge in [0.15, 0.2) is 0 Å². The maximum absolute atomic E-state index is 2.48. The lowest BCUT2D eigenvalue weighted by atomic mass is 9.66. The van der Waals surface area contributed by atoms with E-state index in [0.717, 1.165) is 0 Å². The highest BCUT2D eigenvalue weighted by Crippen LogP contribution is 2.58. The molecule has 1 aliphatic rings. The molecule has 0 radical (unpaired) electrons. The second-order valence-corrected chi connectivity index (χ2v) is 15.6. The highest BCUT2D eigenvalue weighted by atomic mass is 14.5. The molecule has 0 unspecified atom stereocenters. The quantitative estimate of drug-likeness (QED) is 0.174. The van der Waals surface area contributed by atoms with Crippen molar-refractivity contribution in [1.29, 1.82) is 0 Å². The molecule has 0 amide bonds. The van der Waals surface area contributed by atoms with E-state index in [2.05, 4.69) is 189 Å². The summed E-state index contributed by atoms with van der Waals surface area (Å²) in [7, 11) is 0. The van der Waals surface area contributed by atoms with Crippen molar-refractivity contribution in [3.05, 3.63) is 177 Å². The maximum atomic E-state index is 2.48. The van der Waals surface area contributed by atoms with Gasteiger partial charge < -0.3 is 0 Å². The van der Waals surface area contributed by atoms with E-state index in [1.807, 2.05) is 0 Å². The van der Waals surface area contributed by atoms with E-state index in [9.17, 15) is 0 Å². The first-order valence-corrected chi connectivity index (χ1v) is 17.0. The first kappa shape index (κ1) is 30.9. The molecule has 0 aliphatic heterocycles. The van der Waals surface area contributed by atoms with Crippen molar-refractivity contribution in [3.8, 4) is 11.1 Å². The Bertz CT molecular complexity index is 2070. The summed E-state index contributed by atoms with van der Waals surface area (Å²) in [6.07, 6.45) is 2.35. The molecule has 1 aliphatic carbocycles. The summed E-state index contributed by atoms with van der Waals surface area (Å²) in [5, 5.41) is 2.65. The van der Waals surface area contributed by atoms with Crippen molar-refractivity contribution >= 4 is 22.4 Å². The Kier molecular flexibility index (Phi) is 7.40. The van der Waals surface area contributed by atoms with E-state index in [-0.39, 0.29) is 10.8 Å². The fraction of sp³-hybridized carbons (Fsp3) is 0.234. The van der Waals surface area contributed by atoms with Crippen molar-refractivity contribution in [3.63, 3.8) is 0 Å². The zero-order valence-electron chi connectivity index (χ0n) is 29.2. The molecule has 7 rings (SSSR count). The predicted molar refractivity (Wildman–Crippen MR) is 203 cm³/mol. The molecule has 0 saturated heterocycles. The summed E-state index contributed by atoms with van der Waals surface area (Å²) in [5.74, 6) is 0. The number of rotatable bonds is 4. The number of hydrogen-bond acceptors (Lipinski definition) is 0. The summed E-state index contributed by atoms with van der Waals surface area (Å²) < 4.78 is 0. The van der Waals surface area contributed by atoms with E-state index in [1.165, 1.54) is 77.5 Å². The number of fused-ring (bicyclic) bond motifs is 5. The molecule has 47 heavy (non-hydrogen) atoms. The second kappa shape index (κ2) is 11.2. The third-order valence-electron chi connectivity index (χ3n) is 10.4. The average Bonchev–Trinajstić information content (AvgIpc) is 3.34. The Morgan fingerprint density at radius 3 is 1.64 bits per heavy atom. The van der Waals surface area contributed by atoms with Crippen LogP contribution in [0.15, 0.2) is 127 Å². The summed E-state index contributed by atoms with van der Waals surface area (Å²) >= 11 is 0. The molecule has 0 aromatic heterocycles. The Balaban J connectivity index is 1.59. The van der Waals surface area contributed by atoms with Crippen LogP contribution in [0, 0.1) is 6.92 Å². The molecule has 6 aromatic rings. The summed E-state index contributed by atoms with van der Waals surface area (Å²) in [4.78, 5) is 0. The molecule has 0 fully saturated rings. The standard InChI is InChI=1S/C47H46/c1-31(34-14-10-9-11-15-34)28-33-18-27-41-42(30-33)47(37-23-19-35(20-24-37)45(3,4)5,38-25-21-36(22-26-38)46(6,7)8)43-29-32(2)39-16-12-13-17-40(39)44(41)43/h9-30H,1-8H3. The lowest BCUT2D eigenvalue weighted by Gasteiger charge is -2.35. The molecular formula is C47H46. The molecule has 0 heterocycles. The largest absolute Gasteiger partial charge is 0.0714 e. The third kappa shape index (κ3) is 5.16. The average molecular weight is 611 g/mol. The first-order chi connectivity index (χ1) is 22.4. The molecule has 0 heteroatoms. The van der Waals surface area contributed by atoms with E-state index < -0.39 is 5.41 Å². The minimum Gasteiger partial charge on any atom is -0.0622 e. The number of aryl methyl sites for hydroxylation is 1. The highest BCUT2D eigenvalue weighted by Gasteiger charge is 2.47. The lowest BCUT2D eigenvalue weighted by Crippen LogP contribution is -2.29. The lowest BCUT2D eigenvalue weighted by molar-refractivity contribution is 0.588. The van der Waals surface area contributed by atoms with Crippen LogP contribution in [0.25, 0.3) is 33.5 Å². The van der Waals surface area contributed by atoms with Gasteiger partial charge in [-0.1, -0.05) is 169 Å². The van der Waals surface area contributed by atoms with Crippen LogP contribution < -0.4 is 0 Å². The van der Waals surface area contributed by atoms with Gasteiger partial charge in [-0.15, -0.1) is 0 Å². The Morgan fingerprint density at radius 2 is 1.09 bits per heavy atom. The van der Waals surface area contributed by atoms with Crippen LogP contribution in [0.4, 0.5) is 0 Å². The molecule has 0 spiro atoms. The molecule has 0 nitrogen and oxygen atoms in total. The van der Waals surface area contributed by atoms with Crippen molar-refractivity contribution < 1.29 is 0 Å². The fourth-order valence-electron chi connectivity index (χ4n) is 7.73. The van der Waals surface area contributed by atoms with Gasteiger partial charge in [0.1, 0.15) is 0 Å². The Hall–Kier alpha value is -4.68. The fourth-order valence-corrected chi connectivity index (χ4v) is 7.73. The molecule has 6 aromatic carbocycles. The third-order valence-corrected chi connectivity index (χ3v) is 10.4. The molecule has 234 valence electrons. The van der Waals surface area contributed by atoms with Crippen LogP contribution in [0.5, 0.6) is 0 Å². The van der Waals surface area contributed by atoms with Gasteiger partial charge in [-0.25, -0.2) is 0 Å². The van der Waals surface area contributed by atoms with Gasteiger partial charge in [0, 0.05) is 0 Å². The summed E-state index contributed by atoms with van der Waals surface area (Å²) in [6.45, 7) is 18.3. The number of allylic oxidation sites excluding steroid dienone is 1. The van der Waals surface area contributed by atoms with Crippen LogP contribution in [-0.2, 0) is 16.2 Å². The van der Waals surface area contributed by atoms with Gasteiger partial charge in [0.2, 0.25) is 0 Å². The van der Waals surface area contributed by atoms with Crippen molar-refractivity contribution in [1.82, 2.24) is 0 Å². The van der Waals surface area contributed by atoms with Crippen LogP contribution in [0.2, 0.25) is 0 Å². The summed E-state index contributed by atoms with van der Waals surface area (Å²) in [6, 6.07) is 48.4. The molecular weight excluding hydrogens is 565 g/mol. The minimum atomic E-state index is -0.475. The minimum absolute atomic E-state index is 0.0747. The SMILES string of the molecule is CC(=Cc1ccc2c(c1)C(c1ccc(C(C)(C)C)cc1)(c1ccc(C(C)(C)C)cc1)c1cc(C)c3ccccc3c1-2)c1ccccc1. The monoisotopic (exact) mass is 610 g/mol. The summed E-state index contributed by atoms with van der Waals surface area (Å²) in [5.41, 5.74) is 15.4. The van der Waals surface area contributed by atoms with Gasteiger partial charge in [0.25, 0.3) is 0 Å². The maximum Gasteiger partial charge on any atom is 0.0714 e. The zero-order valence-corrected chi connectivity index (χ0v) is 29.2. The Morgan fingerprint density at radius 1 is 0.553 bits per heavy atom. The predicted octanol–water partition coefficient (Wildman–Crippen LogP) is 12.7. The first-order valence-electron chi connectivity index (χ1n) is 17.0. The second-order valence-electron chi connectivity index (χ2n) is 15.6. The topological polar surface area (TPSA) is 0 Å². The number of benzene rings is 6. The van der Waals surface area contributed by atoms with Gasteiger partial charge in [-0.2, -0.15) is 0 Å². The van der Waals surface area contributed by atoms with E-state index in [4.69, 9.17) is 0 Å². The van der Waals surface area contributed by atoms with E-state index in [0.29, 0.717) is 0 Å². The normalized spacial score (nSPS) is 14.3. The van der Waals surface area contributed by atoms with E-state index in [1.54, 1.807) is 0 Å². The van der Waals surface area contributed by atoms with Gasteiger partial charge in [-0.05, 0) is 108 Å². The van der Waals surface area contributed by atoms with E-state index >= 15 is 0 Å². The van der Waals surface area contributed by atoms with Crippen molar-refractivity contribution in [2.24, 2.45) is 0 Å².